The first-order valence-electron chi connectivity index (χ1n) is 40.8. The molecule has 6 aromatic carbocycles. The second-order valence-electron chi connectivity index (χ2n) is 30.6. The number of pyridine rings is 4. The number of amides is 3. The molecule has 0 bridgehead atoms. The van der Waals surface area contributed by atoms with Gasteiger partial charge in [0.15, 0.2) is 0 Å². The van der Waals surface area contributed by atoms with Crippen LogP contribution in [0, 0.1) is 62.6 Å². The Morgan fingerprint density at radius 2 is 0.709 bits per heavy atom. The number of nitrogens with one attached hydrogen (secondary N) is 6. The Morgan fingerprint density at radius 3 is 1.03 bits per heavy atom. The van der Waals surface area contributed by atoms with Crippen LogP contribution in [0.1, 0.15) is 111 Å². The van der Waals surface area contributed by atoms with E-state index in [2.05, 4.69) is 40.9 Å². The van der Waals surface area contributed by atoms with E-state index in [4.69, 9.17) is 25.8 Å². The van der Waals surface area contributed by atoms with Crippen molar-refractivity contribution >= 4 is 97.0 Å². The molecule has 6 atom stereocenters. The second-order valence-corrected chi connectivity index (χ2v) is 31.0. The Balaban J connectivity index is 0.000000208. The predicted molar refractivity (Wildman–Crippen MR) is 468 cm³/mol. The number of anilines is 3. The zero-order valence-corrected chi connectivity index (χ0v) is 74.3. The summed E-state index contributed by atoms with van der Waals surface area (Å²) in [6, 6.07) is 14.1. The molecule has 0 aliphatic rings. The molecule has 0 spiro atoms. The van der Waals surface area contributed by atoms with Gasteiger partial charge in [0.05, 0.1) is 59.7 Å². The first-order valence-corrected chi connectivity index (χ1v) is 41.2. The molecule has 0 radical (unpaired) electrons. The maximum atomic E-state index is 14.9. The van der Waals surface area contributed by atoms with Gasteiger partial charge in [-0.2, -0.15) is 39.5 Å². The quantitative estimate of drug-likeness (QED) is 0.0158. The number of benzene rings is 6. The molecule has 3 amide bonds. The molecule has 42 heteroatoms. The van der Waals surface area contributed by atoms with E-state index >= 15 is 0 Å². The summed E-state index contributed by atoms with van der Waals surface area (Å²) in [6.07, 6.45) is -9.86. The minimum absolute atomic E-state index is 0.165. The van der Waals surface area contributed by atoms with E-state index in [1.54, 1.807) is 122 Å². The van der Waals surface area contributed by atoms with Gasteiger partial charge in [-0.3, -0.25) is 48.3 Å². The molecular weight excluding hydrogens is 1810 g/mol. The molecule has 26 nitrogen and oxygen atoms in total. The number of halogens is 16. The summed E-state index contributed by atoms with van der Waals surface area (Å²) in [4.78, 5) is 138. The van der Waals surface area contributed by atoms with Crippen molar-refractivity contribution < 1.29 is 109 Å². The SMILES string of the molecule is CC[C@@H](Nc1cc(F)c(C(=O)N[C@@H](Cc2ccc(-c3cc(Cl)c(C)n(C)c3=O)c3ncccc23)C(=O)OC)c(F)c1)C(F)(F)F.CC[C@@H](Nc1cc(F)c(C(=O)N[C@@H](Cc2ccc(-c3cnc(C)n(C)c3=O)c3ncccc23)C(=O)OC)c(F)c1)C(F)(F)F.CC[C@@H](Nc1cc(F)c(C(=O)N[C@@H](Cc2ccc(-c3nc(C)c(C)n(C)c3=O)c3ncccc23)C(=O)OC)c(F)c1)C(F)(F)F. The Morgan fingerprint density at radius 1 is 0.403 bits per heavy atom. The third kappa shape index (κ3) is 22.9. The third-order valence-electron chi connectivity index (χ3n) is 22.2. The molecule has 0 fully saturated rings. The number of methoxy groups -OCH3 is 3. The van der Waals surface area contributed by atoms with Crippen LogP contribution in [0.25, 0.3) is 66.2 Å². The van der Waals surface area contributed by atoms with E-state index in [9.17, 15) is 109 Å². The molecular formula is C92H86ClF15N14O12. The van der Waals surface area contributed by atoms with E-state index in [1.807, 2.05) is 16.0 Å². The number of esters is 3. The number of rotatable bonds is 27. The lowest BCUT2D eigenvalue weighted by Gasteiger charge is -2.22. The van der Waals surface area contributed by atoms with Crippen LogP contribution in [0.4, 0.5) is 82.9 Å². The van der Waals surface area contributed by atoms with Gasteiger partial charge in [-0.1, -0.05) is 87.0 Å². The van der Waals surface area contributed by atoms with Gasteiger partial charge < -0.3 is 55.2 Å². The average Bonchev–Trinajstić information content (AvgIpc) is 0.768. The van der Waals surface area contributed by atoms with Crippen LogP contribution >= 0.6 is 11.6 Å². The molecule has 0 aliphatic carbocycles. The van der Waals surface area contributed by atoms with Crippen molar-refractivity contribution in [1.29, 1.82) is 0 Å². The Hall–Kier alpha value is -14.3. The van der Waals surface area contributed by atoms with Gasteiger partial charge in [0.25, 0.3) is 34.4 Å². The number of nitrogens with zero attached hydrogens (tertiary/aromatic N) is 8. The van der Waals surface area contributed by atoms with Crippen LogP contribution < -0.4 is 48.6 Å². The first-order chi connectivity index (χ1) is 63.1. The summed E-state index contributed by atoms with van der Waals surface area (Å²) in [5.74, 6) is -14.9. The summed E-state index contributed by atoms with van der Waals surface area (Å²) >= 11 is 6.35. The fraction of sp³-hybridized carbons (Fsp3) is 0.304. The number of aryl methyl sites for hydroxylation is 2. The summed E-state index contributed by atoms with van der Waals surface area (Å²) < 4.78 is 226. The topological polar surface area (TPSA) is 333 Å². The van der Waals surface area contributed by atoms with Crippen molar-refractivity contribution in [3.63, 3.8) is 0 Å². The van der Waals surface area contributed by atoms with Crippen molar-refractivity contribution in [2.75, 3.05) is 37.3 Å². The highest BCUT2D eigenvalue weighted by Gasteiger charge is 2.42. The average molecular weight is 1900 g/mol. The number of aromatic nitrogens is 8. The van der Waals surface area contributed by atoms with Crippen molar-refractivity contribution in [2.24, 2.45) is 21.1 Å². The van der Waals surface area contributed by atoms with E-state index in [1.165, 1.54) is 65.3 Å². The maximum absolute atomic E-state index is 14.9. The lowest BCUT2D eigenvalue weighted by atomic mass is 9.95. The Bertz CT molecular complexity index is 6400. The van der Waals surface area contributed by atoms with Crippen molar-refractivity contribution in [2.45, 2.75) is 142 Å². The minimum atomic E-state index is -4.67. The fourth-order valence-electron chi connectivity index (χ4n) is 14.5. The molecule has 6 heterocycles. The second kappa shape index (κ2) is 42.5. The Kier molecular flexibility index (Phi) is 32.3. The van der Waals surface area contributed by atoms with Crippen LogP contribution in [0.5, 0.6) is 0 Å². The highest BCUT2D eigenvalue weighted by atomic mass is 35.5. The van der Waals surface area contributed by atoms with Crippen molar-refractivity contribution in [3.05, 3.63) is 267 Å². The number of ether oxygens (including phenoxy) is 3. The first kappa shape index (κ1) is 102. The van der Waals surface area contributed by atoms with E-state index in [0.717, 1.165) is 21.3 Å². The van der Waals surface area contributed by atoms with Gasteiger partial charge in [-0.05, 0) is 124 Å². The standard InChI is InChI=1S/C31H28ClF5N4O4.C31H30F5N5O4.C30H28F5N5O4/c1-5-25(31(35,36)37)39-17-12-22(33)26(23(34)13-17)28(42)40-24(30(44)45-4)11-16-8-9-19(27-18(16)7-6-10-38-27)20-14-21(32)15(2)41(3)29(20)43;1-6-24(31(34,35)36)39-18-13-21(32)25(22(33)14-18)28(42)40-23(30(44)45-5)12-17-9-10-20(26-19(17)8-7-11-37-26)27-29(43)41(4)16(3)15(2)38-27;1-5-24(30(33,34)35)38-17-12-21(31)25(22(32)13-17)27(41)39-23(29(43)44-4)11-16-8-9-19(26-18(16)7-6-10-36-26)20-14-37-15(2)40(3)28(20)42/h6-10,12-14,24-25,39H,5,11H2,1-4H3,(H,40,42);7-11,13-14,23-24,39H,6,12H2,1-5H3,(H,40,42);6-10,12-14,23-24,38H,5,11H2,1-4H3,(H,39,41)/t24-,25+;2*23-,24+/m000/s1. The van der Waals surface area contributed by atoms with Gasteiger partial charge >= 0.3 is 36.4 Å². The number of fused-ring (bicyclic) bond motifs is 3. The number of carbonyl (C=O) groups excluding carboxylic acids is 6. The van der Waals surface area contributed by atoms with Gasteiger partial charge in [0.2, 0.25) is 0 Å². The lowest BCUT2D eigenvalue weighted by Crippen LogP contribution is -2.43. The zero-order valence-electron chi connectivity index (χ0n) is 73.5. The van der Waals surface area contributed by atoms with Crippen LogP contribution in [0.3, 0.4) is 0 Å². The maximum Gasteiger partial charge on any atom is 0.408 e. The summed E-state index contributed by atoms with van der Waals surface area (Å²) in [6.45, 7) is 10.7. The van der Waals surface area contributed by atoms with Crippen LogP contribution in [0.15, 0.2) is 154 Å². The molecule has 6 N–H and O–H groups in total. The molecule has 6 aromatic heterocycles. The molecule has 708 valence electrons. The number of alkyl halides is 9. The Labute approximate surface area is 758 Å². The molecule has 12 aromatic rings. The highest BCUT2D eigenvalue weighted by Crippen LogP contribution is 2.37. The summed E-state index contributed by atoms with van der Waals surface area (Å²) in [7, 11) is 7.99. The molecule has 12 rings (SSSR count). The van der Waals surface area contributed by atoms with Gasteiger partial charge in [-0.15, -0.1) is 0 Å². The fourth-order valence-corrected chi connectivity index (χ4v) is 14.7. The molecule has 134 heavy (non-hydrogen) atoms. The molecule has 0 aliphatic heterocycles. The van der Waals surface area contributed by atoms with Crippen LogP contribution in [-0.2, 0) is 69.0 Å². The lowest BCUT2D eigenvalue weighted by molar-refractivity contribution is -0.143. The van der Waals surface area contributed by atoms with E-state index < -0.39 is 178 Å². The molecule has 0 saturated carbocycles. The minimum Gasteiger partial charge on any atom is -0.467 e. The highest BCUT2D eigenvalue weighted by molar-refractivity contribution is 6.31. The van der Waals surface area contributed by atoms with E-state index in [-0.39, 0.29) is 52.8 Å². The van der Waals surface area contributed by atoms with E-state index in [0.29, 0.717) is 130 Å². The largest absolute Gasteiger partial charge is 0.467 e. The van der Waals surface area contributed by atoms with Gasteiger partial charge in [-0.25, -0.2) is 50.7 Å². The van der Waals surface area contributed by atoms with Crippen LogP contribution in [-0.4, -0.2) is 150 Å². The normalized spacial score (nSPS) is 12.9. The van der Waals surface area contributed by atoms with Crippen LogP contribution in [0.2, 0.25) is 5.02 Å². The predicted octanol–water partition coefficient (Wildman–Crippen LogP) is 16.1. The number of hydrogen-bond donors (Lipinski definition) is 6. The van der Waals surface area contributed by atoms with Crippen molar-refractivity contribution in [3.8, 4) is 33.5 Å². The van der Waals surface area contributed by atoms with Gasteiger partial charge in [0.1, 0.15) is 99.4 Å². The van der Waals surface area contributed by atoms with Gasteiger partial charge in [0, 0.05) is 126 Å². The summed E-state index contributed by atoms with van der Waals surface area (Å²) in [5, 5.41) is 14.8. The smallest absolute Gasteiger partial charge is 0.408 e. The molecule has 0 unspecified atom stereocenters. The summed E-state index contributed by atoms with van der Waals surface area (Å²) in [5.41, 5.74) is 0.893. The monoisotopic (exact) mass is 1900 g/mol. The number of hydrogen-bond acceptors (Lipinski definition) is 20. The molecule has 0 saturated heterocycles. The zero-order chi connectivity index (χ0) is 98.8. The number of carbonyl (C=O) groups is 6. The third-order valence-corrected chi connectivity index (χ3v) is 22.6. The van der Waals surface area contributed by atoms with Crippen molar-refractivity contribution in [1.82, 2.24) is 54.6 Å².